The van der Waals surface area contributed by atoms with Gasteiger partial charge in [-0.25, -0.2) is 4.79 Å². The average Bonchev–Trinajstić information content (AvgIpc) is 2.71. The number of hydrogen-bond acceptors (Lipinski definition) is 4. The Morgan fingerprint density at radius 1 is 1.35 bits per heavy atom. The number of nitrogens with one attached hydrogen (secondary N) is 2. The smallest absolute Gasteiger partial charge is 0.407 e. The fraction of sp³-hybridized carbons (Fsp3) is 0.933. The molecule has 1 aliphatic carbocycles. The van der Waals surface area contributed by atoms with E-state index in [1.807, 2.05) is 32.5 Å². The summed E-state index contributed by atoms with van der Waals surface area (Å²) in [5, 5.41) is 6.59. The minimum Gasteiger partial charge on any atom is -0.444 e. The Labute approximate surface area is 127 Å². The molecule has 3 atom stereocenters. The van der Waals surface area contributed by atoms with Crippen LogP contribution in [-0.2, 0) is 4.74 Å². The van der Waals surface area contributed by atoms with Crippen molar-refractivity contribution in [2.45, 2.75) is 64.6 Å². The minimum absolute atomic E-state index is 0.248. The van der Waals surface area contributed by atoms with E-state index in [1.165, 1.54) is 5.75 Å². The molecule has 1 fully saturated rings. The number of hydrogen-bond donors (Lipinski definition) is 2. The van der Waals surface area contributed by atoms with Gasteiger partial charge >= 0.3 is 6.09 Å². The van der Waals surface area contributed by atoms with Gasteiger partial charge in [0.05, 0.1) is 0 Å². The molecule has 1 amide bonds. The second-order valence-corrected chi connectivity index (χ2v) is 7.73. The first-order valence-electron chi connectivity index (χ1n) is 7.52. The van der Waals surface area contributed by atoms with E-state index >= 15 is 0 Å². The maximum atomic E-state index is 11.7. The highest BCUT2D eigenvalue weighted by Crippen LogP contribution is 2.20. The monoisotopic (exact) mass is 302 g/mol. The third-order valence-corrected chi connectivity index (χ3v) is 4.26. The summed E-state index contributed by atoms with van der Waals surface area (Å²) >= 11 is 1.89. The molecule has 0 aromatic heterocycles. The largest absolute Gasteiger partial charge is 0.444 e. The van der Waals surface area contributed by atoms with E-state index in [0.29, 0.717) is 12.0 Å². The van der Waals surface area contributed by atoms with Gasteiger partial charge in [-0.2, -0.15) is 11.8 Å². The predicted octanol–water partition coefficient (Wildman–Crippen LogP) is 3.02. The van der Waals surface area contributed by atoms with Crippen molar-refractivity contribution in [3.63, 3.8) is 0 Å². The Morgan fingerprint density at radius 2 is 2.00 bits per heavy atom. The summed E-state index contributed by atoms with van der Waals surface area (Å²) in [6, 6.07) is 0.775. The summed E-state index contributed by atoms with van der Waals surface area (Å²) in [6.07, 6.45) is 5.03. The number of thioether (sulfide) groups is 1. The van der Waals surface area contributed by atoms with Gasteiger partial charge in [0.1, 0.15) is 5.60 Å². The Balaban J connectivity index is 2.21. The van der Waals surface area contributed by atoms with Gasteiger partial charge in [0.25, 0.3) is 0 Å². The summed E-state index contributed by atoms with van der Waals surface area (Å²) in [4.78, 5) is 11.7. The van der Waals surface area contributed by atoms with Gasteiger partial charge in [0, 0.05) is 12.1 Å². The maximum Gasteiger partial charge on any atom is 0.407 e. The topological polar surface area (TPSA) is 50.4 Å². The van der Waals surface area contributed by atoms with E-state index in [9.17, 15) is 4.79 Å². The van der Waals surface area contributed by atoms with Gasteiger partial charge in [-0.15, -0.1) is 0 Å². The Hall–Kier alpha value is -0.420. The lowest BCUT2D eigenvalue weighted by Crippen LogP contribution is -2.39. The van der Waals surface area contributed by atoms with Crippen LogP contribution >= 0.6 is 11.8 Å². The van der Waals surface area contributed by atoms with Crippen molar-refractivity contribution in [3.8, 4) is 0 Å². The lowest BCUT2D eigenvalue weighted by Gasteiger charge is -2.22. The number of carbonyl (C=O) groups is 1. The van der Waals surface area contributed by atoms with Crippen molar-refractivity contribution in [3.05, 3.63) is 0 Å². The number of alkyl carbamates (subject to hydrolysis) is 1. The molecule has 0 radical (unpaired) electrons. The highest BCUT2D eigenvalue weighted by molar-refractivity contribution is 7.98. The van der Waals surface area contributed by atoms with Crippen LogP contribution in [0.3, 0.4) is 0 Å². The van der Waals surface area contributed by atoms with Crippen LogP contribution in [0.25, 0.3) is 0 Å². The average molecular weight is 302 g/mol. The minimum atomic E-state index is -0.423. The van der Waals surface area contributed by atoms with Crippen LogP contribution in [0.5, 0.6) is 0 Å². The van der Waals surface area contributed by atoms with E-state index in [-0.39, 0.29) is 12.1 Å². The van der Waals surface area contributed by atoms with Crippen molar-refractivity contribution in [2.75, 3.05) is 18.6 Å². The number of rotatable bonds is 6. The van der Waals surface area contributed by atoms with Gasteiger partial charge in [-0.3, -0.25) is 0 Å². The van der Waals surface area contributed by atoms with Crippen LogP contribution in [0.1, 0.15) is 47.0 Å². The molecule has 1 aliphatic rings. The van der Waals surface area contributed by atoms with Gasteiger partial charge in [0.2, 0.25) is 0 Å². The van der Waals surface area contributed by atoms with Crippen molar-refractivity contribution in [1.29, 1.82) is 0 Å². The molecule has 1 saturated carbocycles. The van der Waals surface area contributed by atoms with E-state index < -0.39 is 5.60 Å². The van der Waals surface area contributed by atoms with E-state index in [1.54, 1.807) is 0 Å². The fourth-order valence-electron chi connectivity index (χ4n) is 2.48. The zero-order chi connectivity index (χ0) is 15.2. The van der Waals surface area contributed by atoms with E-state index in [2.05, 4.69) is 23.8 Å². The van der Waals surface area contributed by atoms with E-state index in [0.717, 1.165) is 25.8 Å². The van der Waals surface area contributed by atoms with Gasteiger partial charge in [-0.05, 0) is 64.5 Å². The van der Waals surface area contributed by atoms with Gasteiger partial charge < -0.3 is 15.4 Å². The van der Waals surface area contributed by atoms with Crippen LogP contribution in [0.15, 0.2) is 0 Å². The molecule has 5 heteroatoms. The first-order valence-corrected chi connectivity index (χ1v) is 8.91. The molecule has 3 unspecified atom stereocenters. The standard InChI is InChI=1S/C15H30N2O2S/c1-11(10-20-5)9-16-12-6-7-13(8-12)17-14(18)19-15(2,3)4/h11-13,16H,6-10H2,1-5H3,(H,17,18). The third-order valence-electron chi connectivity index (χ3n) is 3.36. The molecule has 118 valence electrons. The summed E-state index contributed by atoms with van der Waals surface area (Å²) in [6.45, 7) is 9.00. The molecular formula is C15H30N2O2S. The zero-order valence-electron chi connectivity index (χ0n) is 13.5. The van der Waals surface area contributed by atoms with Gasteiger partial charge in [0.15, 0.2) is 0 Å². The van der Waals surface area contributed by atoms with Crippen LogP contribution in [0.2, 0.25) is 0 Å². The van der Waals surface area contributed by atoms with Crippen LogP contribution in [0.4, 0.5) is 4.79 Å². The Morgan fingerprint density at radius 3 is 2.60 bits per heavy atom. The van der Waals surface area contributed by atoms with Crippen molar-refractivity contribution < 1.29 is 9.53 Å². The molecule has 0 bridgehead atoms. The molecular weight excluding hydrogens is 272 g/mol. The van der Waals surface area contributed by atoms with E-state index in [4.69, 9.17) is 4.74 Å². The SMILES string of the molecule is CSCC(C)CNC1CCC(NC(=O)OC(C)(C)C)C1. The Kier molecular flexibility index (Phi) is 7.17. The molecule has 0 aromatic carbocycles. The normalized spacial score (nSPS) is 24.4. The molecule has 0 spiro atoms. The summed E-state index contributed by atoms with van der Waals surface area (Å²) in [7, 11) is 0. The molecule has 0 saturated heterocycles. The summed E-state index contributed by atoms with van der Waals surface area (Å²) in [5.41, 5.74) is -0.423. The predicted molar refractivity (Wildman–Crippen MR) is 86.3 cm³/mol. The quantitative estimate of drug-likeness (QED) is 0.792. The maximum absolute atomic E-state index is 11.7. The summed E-state index contributed by atoms with van der Waals surface area (Å²) < 4.78 is 5.29. The van der Waals surface area contributed by atoms with Crippen LogP contribution < -0.4 is 10.6 Å². The fourth-order valence-corrected chi connectivity index (χ4v) is 3.17. The molecule has 2 N–H and O–H groups in total. The molecule has 0 aliphatic heterocycles. The number of carbonyl (C=O) groups excluding carboxylic acids is 1. The second-order valence-electron chi connectivity index (χ2n) is 6.82. The van der Waals surface area contributed by atoms with Crippen LogP contribution in [0, 0.1) is 5.92 Å². The first kappa shape index (κ1) is 17.6. The molecule has 20 heavy (non-hydrogen) atoms. The lowest BCUT2D eigenvalue weighted by atomic mass is 10.2. The number of ether oxygens (including phenoxy) is 1. The van der Waals surface area contributed by atoms with Crippen molar-refractivity contribution in [1.82, 2.24) is 10.6 Å². The highest BCUT2D eigenvalue weighted by Gasteiger charge is 2.27. The molecule has 0 heterocycles. The van der Waals surface area contributed by atoms with Crippen molar-refractivity contribution >= 4 is 17.9 Å². The molecule has 0 aromatic rings. The van der Waals surface area contributed by atoms with Crippen molar-refractivity contribution in [2.24, 2.45) is 5.92 Å². The second kappa shape index (κ2) is 8.13. The number of amides is 1. The molecule has 1 rings (SSSR count). The lowest BCUT2D eigenvalue weighted by molar-refractivity contribution is 0.0505. The highest BCUT2D eigenvalue weighted by atomic mass is 32.2. The van der Waals surface area contributed by atoms with Crippen LogP contribution in [-0.4, -0.2) is 42.3 Å². The first-order chi connectivity index (χ1) is 9.30. The zero-order valence-corrected chi connectivity index (χ0v) is 14.3. The third kappa shape index (κ3) is 7.39. The molecule has 4 nitrogen and oxygen atoms in total. The summed E-state index contributed by atoms with van der Waals surface area (Å²) in [5.74, 6) is 1.89. The van der Waals surface area contributed by atoms with Gasteiger partial charge in [-0.1, -0.05) is 6.92 Å². The Bertz CT molecular complexity index is 305.